The fourth-order valence-electron chi connectivity index (χ4n) is 0.925. The molecule has 1 aromatic rings. The van der Waals surface area contributed by atoms with Gasteiger partial charge in [0, 0.05) is 4.47 Å². The van der Waals surface area contributed by atoms with Gasteiger partial charge in [0.2, 0.25) is 0 Å². The molecule has 1 rings (SSSR count). The monoisotopic (exact) mass is 275 g/mol. The summed E-state index contributed by atoms with van der Waals surface area (Å²) < 4.78 is 13.0. The van der Waals surface area contributed by atoms with E-state index in [0.29, 0.717) is 0 Å². The number of aliphatic carboxylic acids is 1. The Morgan fingerprint density at radius 2 is 2.13 bits per heavy atom. The number of hydrogen-bond donors (Lipinski definition) is 2. The maximum absolute atomic E-state index is 12.7. The van der Waals surface area contributed by atoms with Gasteiger partial charge in [-0.1, -0.05) is 0 Å². The molecule has 0 heterocycles. The maximum atomic E-state index is 12.7. The van der Waals surface area contributed by atoms with Gasteiger partial charge in [0.05, 0.1) is 5.56 Å². The topological polar surface area (TPSA) is 66.4 Å². The molecule has 0 aromatic heterocycles. The van der Waals surface area contributed by atoms with Gasteiger partial charge in [0.15, 0.2) is 0 Å². The van der Waals surface area contributed by atoms with Crippen LogP contribution in [-0.4, -0.2) is 23.5 Å². The highest BCUT2D eigenvalue weighted by molar-refractivity contribution is 9.10. The summed E-state index contributed by atoms with van der Waals surface area (Å²) in [6.07, 6.45) is 0. The van der Waals surface area contributed by atoms with Crippen molar-refractivity contribution in [3.8, 4) is 0 Å². The van der Waals surface area contributed by atoms with Crippen molar-refractivity contribution in [1.29, 1.82) is 0 Å². The molecule has 0 aliphatic carbocycles. The first kappa shape index (κ1) is 11.6. The molecule has 1 aromatic carbocycles. The molecule has 0 unspecified atom stereocenters. The summed E-state index contributed by atoms with van der Waals surface area (Å²) in [5.74, 6) is -2.18. The smallest absolute Gasteiger partial charge is 0.322 e. The van der Waals surface area contributed by atoms with Crippen molar-refractivity contribution in [3.63, 3.8) is 0 Å². The summed E-state index contributed by atoms with van der Waals surface area (Å²) in [5.41, 5.74) is 0.192. The number of benzene rings is 1. The number of carbonyl (C=O) groups is 2. The van der Waals surface area contributed by atoms with Crippen LogP contribution in [0, 0.1) is 5.82 Å². The molecule has 0 saturated carbocycles. The number of hydrogen-bond acceptors (Lipinski definition) is 2. The summed E-state index contributed by atoms with van der Waals surface area (Å²) in [6, 6.07) is 3.53. The van der Waals surface area contributed by atoms with Crippen LogP contribution in [-0.2, 0) is 4.79 Å². The summed E-state index contributed by atoms with van der Waals surface area (Å²) in [6.45, 7) is -0.470. The third-order valence-electron chi connectivity index (χ3n) is 1.58. The minimum absolute atomic E-state index is 0.192. The van der Waals surface area contributed by atoms with Crippen molar-refractivity contribution < 1.29 is 19.1 Å². The van der Waals surface area contributed by atoms with Crippen LogP contribution in [0.4, 0.5) is 4.39 Å². The molecule has 0 spiro atoms. The van der Waals surface area contributed by atoms with Gasteiger partial charge in [0.1, 0.15) is 12.4 Å². The minimum atomic E-state index is -1.14. The number of carboxylic acid groups (broad SMARTS) is 1. The molecule has 0 saturated heterocycles. The van der Waals surface area contributed by atoms with E-state index in [1.165, 1.54) is 6.07 Å². The van der Waals surface area contributed by atoms with Crippen molar-refractivity contribution in [2.75, 3.05) is 6.54 Å². The predicted molar refractivity (Wildman–Crippen MR) is 54.1 cm³/mol. The molecular weight excluding hydrogens is 269 g/mol. The first-order chi connectivity index (χ1) is 7.00. The number of halogens is 2. The predicted octanol–water partition coefficient (Wildman–Crippen LogP) is 1.40. The second-order valence-electron chi connectivity index (χ2n) is 2.70. The molecule has 6 heteroatoms. The average Bonchev–Trinajstić information content (AvgIpc) is 2.14. The molecule has 0 atom stereocenters. The molecule has 1 amide bonds. The second kappa shape index (κ2) is 4.88. The van der Waals surface area contributed by atoms with Gasteiger partial charge in [-0.25, -0.2) is 4.39 Å². The van der Waals surface area contributed by atoms with Crippen LogP contribution in [0.25, 0.3) is 0 Å². The van der Waals surface area contributed by atoms with Crippen LogP contribution in [0.5, 0.6) is 0 Å². The van der Waals surface area contributed by atoms with E-state index in [9.17, 15) is 14.0 Å². The summed E-state index contributed by atoms with van der Waals surface area (Å²) >= 11 is 3.01. The molecule has 0 radical (unpaired) electrons. The molecule has 15 heavy (non-hydrogen) atoms. The van der Waals surface area contributed by atoms with E-state index in [0.717, 1.165) is 12.1 Å². The third kappa shape index (κ3) is 3.32. The van der Waals surface area contributed by atoms with E-state index in [1.807, 2.05) is 0 Å². The van der Waals surface area contributed by atoms with E-state index in [1.54, 1.807) is 0 Å². The van der Waals surface area contributed by atoms with Gasteiger partial charge in [-0.15, -0.1) is 0 Å². The second-order valence-corrected chi connectivity index (χ2v) is 3.55. The standard InChI is InChI=1S/C9H7BrFNO3/c10-7-3-5(11)1-2-6(7)9(15)12-4-8(13)14/h1-3H,4H2,(H,12,15)(H,13,14). The molecule has 0 fully saturated rings. The average molecular weight is 276 g/mol. The van der Waals surface area contributed by atoms with Gasteiger partial charge in [0.25, 0.3) is 5.91 Å². The number of rotatable bonds is 3. The fraction of sp³-hybridized carbons (Fsp3) is 0.111. The molecule has 0 bridgehead atoms. The normalized spacial score (nSPS) is 9.73. The quantitative estimate of drug-likeness (QED) is 0.877. The third-order valence-corrected chi connectivity index (χ3v) is 2.23. The Kier molecular flexibility index (Phi) is 3.79. The Hall–Kier alpha value is -1.43. The van der Waals surface area contributed by atoms with Gasteiger partial charge >= 0.3 is 5.97 Å². The number of amides is 1. The maximum Gasteiger partial charge on any atom is 0.322 e. The zero-order valence-electron chi connectivity index (χ0n) is 7.46. The lowest BCUT2D eigenvalue weighted by molar-refractivity contribution is -0.135. The van der Waals surface area contributed by atoms with Gasteiger partial charge in [-0.3, -0.25) is 9.59 Å². The Bertz CT molecular complexity index is 408. The van der Waals surface area contributed by atoms with Gasteiger partial charge < -0.3 is 10.4 Å². The number of nitrogens with one attached hydrogen (secondary N) is 1. The Morgan fingerprint density at radius 3 is 2.67 bits per heavy atom. The van der Waals surface area contributed by atoms with Crippen molar-refractivity contribution in [2.45, 2.75) is 0 Å². The molecule has 0 aliphatic heterocycles. The van der Waals surface area contributed by atoms with Crippen LogP contribution >= 0.6 is 15.9 Å². The van der Waals surface area contributed by atoms with E-state index >= 15 is 0 Å². The first-order valence-electron chi connectivity index (χ1n) is 3.95. The highest BCUT2D eigenvalue weighted by Gasteiger charge is 2.11. The highest BCUT2D eigenvalue weighted by atomic mass is 79.9. The summed E-state index contributed by atoms with van der Waals surface area (Å²) in [4.78, 5) is 21.5. The Balaban J connectivity index is 2.78. The molecule has 2 N–H and O–H groups in total. The first-order valence-corrected chi connectivity index (χ1v) is 4.75. The molecule has 4 nitrogen and oxygen atoms in total. The lowest BCUT2D eigenvalue weighted by Crippen LogP contribution is -2.29. The minimum Gasteiger partial charge on any atom is -0.480 e. The van der Waals surface area contributed by atoms with Crippen LogP contribution in [0.1, 0.15) is 10.4 Å². The SMILES string of the molecule is O=C(O)CNC(=O)c1ccc(F)cc1Br. The van der Waals surface area contributed by atoms with Crippen LogP contribution in [0.3, 0.4) is 0 Å². The number of carbonyl (C=O) groups excluding carboxylic acids is 1. The van der Waals surface area contributed by atoms with Crippen molar-refractivity contribution in [1.82, 2.24) is 5.32 Å². The zero-order valence-corrected chi connectivity index (χ0v) is 9.04. The Labute approximate surface area is 93.2 Å². The lowest BCUT2D eigenvalue weighted by atomic mass is 10.2. The van der Waals surface area contributed by atoms with Crippen LogP contribution in [0.15, 0.2) is 22.7 Å². The van der Waals surface area contributed by atoms with Gasteiger partial charge in [-0.2, -0.15) is 0 Å². The van der Waals surface area contributed by atoms with Gasteiger partial charge in [-0.05, 0) is 34.1 Å². The van der Waals surface area contributed by atoms with Crippen LogP contribution in [0.2, 0.25) is 0 Å². The summed E-state index contributed by atoms with van der Waals surface area (Å²) in [5, 5.41) is 10.5. The molecule has 0 aliphatic rings. The van der Waals surface area contributed by atoms with E-state index in [2.05, 4.69) is 21.2 Å². The van der Waals surface area contributed by atoms with Crippen molar-refractivity contribution >= 4 is 27.8 Å². The molecular formula is C9H7BrFNO3. The van der Waals surface area contributed by atoms with E-state index in [4.69, 9.17) is 5.11 Å². The fourth-order valence-corrected chi connectivity index (χ4v) is 1.46. The van der Waals surface area contributed by atoms with E-state index < -0.39 is 24.2 Å². The zero-order chi connectivity index (χ0) is 11.4. The highest BCUT2D eigenvalue weighted by Crippen LogP contribution is 2.17. The molecule has 80 valence electrons. The Morgan fingerprint density at radius 1 is 1.47 bits per heavy atom. The lowest BCUT2D eigenvalue weighted by Gasteiger charge is -2.04. The summed E-state index contributed by atoms with van der Waals surface area (Å²) in [7, 11) is 0. The van der Waals surface area contributed by atoms with E-state index in [-0.39, 0.29) is 10.0 Å². The van der Waals surface area contributed by atoms with Crippen LogP contribution < -0.4 is 5.32 Å². The largest absolute Gasteiger partial charge is 0.480 e. The number of carboxylic acids is 1. The van der Waals surface area contributed by atoms with Crippen molar-refractivity contribution in [3.05, 3.63) is 34.1 Å². The van der Waals surface area contributed by atoms with Crippen molar-refractivity contribution in [2.24, 2.45) is 0 Å².